The van der Waals surface area contributed by atoms with E-state index in [2.05, 4.69) is 4.98 Å². The van der Waals surface area contributed by atoms with Crippen LogP contribution in [0.4, 0.5) is 0 Å². The van der Waals surface area contributed by atoms with Crippen molar-refractivity contribution in [3.05, 3.63) is 29.6 Å². The Bertz CT molecular complexity index is 263. The Balaban J connectivity index is 2.75. The van der Waals surface area contributed by atoms with Crippen LogP contribution in [-0.4, -0.2) is 15.2 Å². The molecule has 0 spiro atoms. The van der Waals surface area contributed by atoms with Crippen molar-refractivity contribution in [1.82, 2.24) is 4.98 Å². The van der Waals surface area contributed by atoms with Crippen molar-refractivity contribution in [2.24, 2.45) is 0 Å². The van der Waals surface area contributed by atoms with Crippen molar-refractivity contribution in [3.63, 3.8) is 0 Å². The number of aliphatic hydroxyl groups excluding tert-OH is 2. The molecule has 1 rings (SSSR count). The molecule has 2 N–H and O–H groups in total. The minimum atomic E-state index is -0.432. The third-order valence-electron chi connectivity index (χ3n) is 1.95. The second-order valence-electron chi connectivity index (χ2n) is 3.04. The molecule has 0 aromatic carbocycles. The largest absolute Gasteiger partial charge is 0.390 e. The van der Waals surface area contributed by atoms with Crippen molar-refractivity contribution in [2.75, 3.05) is 0 Å². The maximum Gasteiger partial charge on any atom is 0.0853 e. The van der Waals surface area contributed by atoms with Gasteiger partial charge in [-0.25, -0.2) is 0 Å². The molecule has 1 atom stereocenters. The molecule has 0 radical (unpaired) electrons. The first-order chi connectivity index (χ1) is 6.27. The molecular formula is C10H15NO2. The van der Waals surface area contributed by atoms with Gasteiger partial charge in [-0.05, 0) is 24.1 Å². The van der Waals surface area contributed by atoms with Crippen molar-refractivity contribution in [3.8, 4) is 0 Å². The lowest BCUT2D eigenvalue weighted by Crippen LogP contribution is -1.99. The van der Waals surface area contributed by atoms with Crippen molar-refractivity contribution < 1.29 is 10.2 Å². The average molecular weight is 181 g/mol. The minimum absolute atomic E-state index is 0.0767. The first-order valence-corrected chi connectivity index (χ1v) is 4.51. The Hall–Kier alpha value is -0.930. The Morgan fingerprint density at radius 2 is 2.31 bits per heavy atom. The average Bonchev–Trinajstić information content (AvgIpc) is 2.18. The zero-order valence-corrected chi connectivity index (χ0v) is 7.77. The Labute approximate surface area is 78.1 Å². The third-order valence-corrected chi connectivity index (χ3v) is 1.95. The molecule has 0 amide bonds. The Kier molecular flexibility index (Phi) is 3.86. The summed E-state index contributed by atoms with van der Waals surface area (Å²) in [5.41, 5.74) is 1.44. The highest BCUT2D eigenvalue weighted by atomic mass is 16.3. The van der Waals surface area contributed by atoms with Crippen LogP contribution in [0.1, 0.15) is 37.1 Å². The van der Waals surface area contributed by atoms with Gasteiger partial charge in [0.2, 0.25) is 0 Å². The number of hydrogen-bond acceptors (Lipinski definition) is 3. The van der Waals surface area contributed by atoms with Crippen LogP contribution in [0, 0.1) is 0 Å². The molecule has 0 fully saturated rings. The molecular weight excluding hydrogens is 166 g/mol. The van der Waals surface area contributed by atoms with E-state index in [1.807, 2.05) is 6.92 Å². The summed E-state index contributed by atoms with van der Waals surface area (Å²) in [4.78, 5) is 3.94. The highest BCUT2D eigenvalue weighted by molar-refractivity contribution is 5.18. The predicted molar refractivity (Wildman–Crippen MR) is 50.0 cm³/mol. The van der Waals surface area contributed by atoms with E-state index >= 15 is 0 Å². The van der Waals surface area contributed by atoms with Crippen molar-refractivity contribution in [2.45, 2.75) is 32.5 Å². The monoisotopic (exact) mass is 181 g/mol. The van der Waals surface area contributed by atoms with E-state index in [1.165, 1.54) is 0 Å². The summed E-state index contributed by atoms with van der Waals surface area (Å²) in [6, 6.07) is 3.51. The maximum atomic E-state index is 9.63. The molecule has 0 aliphatic heterocycles. The molecule has 3 heteroatoms. The highest BCUT2D eigenvalue weighted by Crippen LogP contribution is 2.17. The second kappa shape index (κ2) is 4.94. The minimum Gasteiger partial charge on any atom is -0.390 e. The summed E-state index contributed by atoms with van der Waals surface area (Å²) < 4.78 is 0. The zero-order valence-electron chi connectivity index (χ0n) is 7.77. The van der Waals surface area contributed by atoms with Gasteiger partial charge in [0.25, 0.3) is 0 Å². The molecule has 1 unspecified atom stereocenters. The fraction of sp³-hybridized carbons (Fsp3) is 0.500. The zero-order chi connectivity index (χ0) is 9.68. The first kappa shape index (κ1) is 10.2. The lowest BCUT2D eigenvalue weighted by molar-refractivity contribution is 0.166. The number of nitrogens with zero attached hydrogens (tertiary/aromatic N) is 1. The van der Waals surface area contributed by atoms with Gasteiger partial charge in [-0.1, -0.05) is 13.3 Å². The number of hydrogen-bond donors (Lipinski definition) is 2. The second-order valence-corrected chi connectivity index (χ2v) is 3.04. The van der Waals surface area contributed by atoms with Crippen LogP contribution in [0.2, 0.25) is 0 Å². The van der Waals surface area contributed by atoms with E-state index in [1.54, 1.807) is 18.3 Å². The molecule has 0 bridgehead atoms. The molecule has 13 heavy (non-hydrogen) atoms. The highest BCUT2D eigenvalue weighted by Gasteiger charge is 2.06. The van der Waals surface area contributed by atoms with Crippen molar-refractivity contribution in [1.29, 1.82) is 0 Å². The van der Waals surface area contributed by atoms with Gasteiger partial charge >= 0.3 is 0 Å². The standard InChI is InChI=1S/C10H15NO2/c1-2-3-10(13)8-4-5-11-9(6-8)7-12/h4-6,10,12-13H,2-3,7H2,1H3. The van der Waals surface area contributed by atoms with Crippen molar-refractivity contribution >= 4 is 0 Å². The Morgan fingerprint density at radius 3 is 2.92 bits per heavy atom. The number of aromatic nitrogens is 1. The van der Waals surface area contributed by atoms with Gasteiger partial charge in [0.1, 0.15) is 0 Å². The number of pyridine rings is 1. The van der Waals surface area contributed by atoms with Gasteiger partial charge in [0, 0.05) is 6.20 Å². The van der Waals surface area contributed by atoms with E-state index in [-0.39, 0.29) is 6.61 Å². The lowest BCUT2D eigenvalue weighted by atomic mass is 10.1. The van der Waals surface area contributed by atoms with E-state index in [0.29, 0.717) is 5.69 Å². The fourth-order valence-corrected chi connectivity index (χ4v) is 1.23. The summed E-state index contributed by atoms with van der Waals surface area (Å²) >= 11 is 0. The lowest BCUT2D eigenvalue weighted by Gasteiger charge is -2.09. The summed E-state index contributed by atoms with van der Waals surface area (Å²) in [6.45, 7) is 1.95. The van der Waals surface area contributed by atoms with Crippen LogP contribution in [0.15, 0.2) is 18.3 Å². The van der Waals surface area contributed by atoms with Gasteiger partial charge in [0.05, 0.1) is 18.4 Å². The molecule has 1 heterocycles. The maximum absolute atomic E-state index is 9.63. The van der Waals surface area contributed by atoms with Crippen LogP contribution in [-0.2, 0) is 6.61 Å². The molecule has 0 saturated carbocycles. The van der Waals surface area contributed by atoms with E-state index in [9.17, 15) is 5.11 Å². The van der Waals surface area contributed by atoms with Gasteiger partial charge < -0.3 is 10.2 Å². The predicted octanol–water partition coefficient (Wildman–Crippen LogP) is 1.41. The first-order valence-electron chi connectivity index (χ1n) is 4.51. The van der Waals surface area contributed by atoms with Crippen LogP contribution in [0.5, 0.6) is 0 Å². The van der Waals surface area contributed by atoms with Crippen LogP contribution in [0.3, 0.4) is 0 Å². The molecule has 1 aromatic rings. The molecule has 3 nitrogen and oxygen atoms in total. The quantitative estimate of drug-likeness (QED) is 0.738. The normalized spacial score (nSPS) is 12.8. The van der Waals surface area contributed by atoms with Gasteiger partial charge in [-0.2, -0.15) is 0 Å². The summed E-state index contributed by atoms with van der Waals surface area (Å²) in [6.07, 6.45) is 2.87. The Morgan fingerprint density at radius 1 is 1.54 bits per heavy atom. The van der Waals surface area contributed by atoms with Crippen LogP contribution in [0.25, 0.3) is 0 Å². The smallest absolute Gasteiger partial charge is 0.0853 e. The number of rotatable bonds is 4. The molecule has 0 aliphatic carbocycles. The topological polar surface area (TPSA) is 53.4 Å². The van der Waals surface area contributed by atoms with Gasteiger partial charge in [0.15, 0.2) is 0 Å². The third kappa shape index (κ3) is 2.79. The van der Waals surface area contributed by atoms with E-state index in [4.69, 9.17) is 5.11 Å². The van der Waals surface area contributed by atoms with Crippen LogP contribution >= 0.6 is 0 Å². The molecule has 1 aromatic heterocycles. The van der Waals surface area contributed by atoms with Gasteiger partial charge in [-0.15, -0.1) is 0 Å². The van der Waals surface area contributed by atoms with Gasteiger partial charge in [-0.3, -0.25) is 4.98 Å². The van der Waals surface area contributed by atoms with E-state index in [0.717, 1.165) is 18.4 Å². The SMILES string of the molecule is CCCC(O)c1ccnc(CO)c1. The summed E-state index contributed by atoms with van der Waals surface area (Å²) in [5, 5.41) is 18.5. The fourth-order valence-electron chi connectivity index (χ4n) is 1.23. The van der Waals surface area contributed by atoms with E-state index < -0.39 is 6.10 Å². The number of aliphatic hydroxyl groups is 2. The molecule has 72 valence electrons. The summed E-state index contributed by atoms with van der Waals surface area (Å²) in [5.74, 6) is 0. The molecule has 0 saturated heterocycles. The molecule has 0 aliphatic rings. The summed E-state index contributed by atoms with van der Waals surface area (Å²) in [7, 11) is 0. The van der Waals surface area contributed by atoms with Crippen LogP contribution < -0.4 is 0 Å².